The van der Waals surface area contributed by atoms with E-state index in [1.807, 2.05) is 0 Å². The van der Waals surface area contributed by atoms with E-state index in [4.69, 9.17) is 4.74 Å². The summed E-state index contributed by atoms with van der Waals surface area (Å²) in [5.74, 6) is -2.08. The van der Waals surface area contributed by atoms with Crippen LogP contribution < -0.4 is 5.32 Å². The van der Waals surface area contributed by atoms with E-state index in [0.29, 0.717) is 12.8 Å². The third-order valence-corrected chi connectivity index (χ3v) is 4.31. The molecule has 7 nitrogen and oxygen atoms in total. The molecule has 4 amide bonds. The van der Waals surface area contributed by atoms with Gasteiger partial charge in [-0.15, -0.1) is 0 Å². The van der Waals surface area contributed by atoms with E-state index >= 15 is 0 Å². The summed E-state index contributed by atoms with van der Waals surface area (Å²) in [4.78, 5) is 49.8. The van der Waals surface area contributed by atoms with Gasteiger partial charge >= 0.3 is 12.0 Å². The minimum absolute atomic E-state index is 0.307. The average Bonchev–Trinajstić information content (AvgIpc) is 2.91. The van der Waals surface area contributed by atoms with Crippen molar-refractivity contribution in [2.45, 2.75) is 45.6 Å². The molecule has 1 heterocycles. The van der Waals surface area contributed by atoms with Gasteiger partial charge in [0.1, 0.15) is 11.5 Å². The molecule has 1 aliphatic heterocycles. The van der Waals surface area contributed by atoms with Crippen molar-refractivity contribution < 1.29 is 23.9 Å². The van der Waals surface area contributed by atoms with Crippen molar-refractivity contribution in [3.8, 4) is 0 Å². The Balaban J connectivity index is 2.41. The summed E-state index contributed by atoms with van der Waals surface area (Å²) in [6.07, 6.45) is 2.33. The fourth-order valence-electron chi connectivity index (χ4n) is 3.17. The number of esters is 1. The van der Waals surface area contributed by atoms with Crippen LogP contribution in [-0.4, -0.2) is 41.9 Å². The predicted octanol–water partition coefficient (Wildman–Crippen LogP) is 0.823. The van der Waals surface area contributed by atoms with Crippen LogP contribution in [0.4, 0.5) is 4.79 Å². The maximum Gasteiger partial charge on any atom is 0.331 e. The van der Waals surface area contributed by atoms with Gasteiger partial charge in [0.2, 0.25) is 11.8 Å². The summed E-state index contributed by atoms with van der Waals surface area (Å²) in [5, 5.41) is 2.23. The zero-order valence-corrected chi connectivity index (χ0v) is 12.5. The van der Waals surface area contributed by atoms with Crippen LogP contribution in [0.1, 0.15) is 39.5 Å². The lowest BCUT2D eigenvalue weighted by molar-refractivity contribution is -0.161. The Bertz CT molecular complexity index is 494. The Kier molecular flexibility index (Phi) is 4.02. The van der Waals surface area contributed by atoms with Crippen molar-refractivity contribution >= 4 is 23.8 Å². The van der Waals surface area contributed by atoms with Gasteiger partial charge in [0.25, 0.3) is 0 Å². The number of ether oxygens (including phenoxy) is 1. The summed E-state index contributed by atoms with van der Waals surface area (Å²) >= 11 is 0. The van der Waals surface area contributed by atoms with Crippen LogP contribution in [0.5, 0.6) is 0 Å². The van der Waals surface area contributed by atoms with Crippen LogP contribution in [0, 0.1) is 11.3 Å². The van der Waals surface area contributed by atoms with Gasteiger partial charge in [-0.3, -0.25) is 14.9 Å². The third kappa shape index (κ3) is 2.30. The Morgan fingerprint density at radius 1 is 1.24 bits per heavy atom. The minimum atomic E-state index is -1.20. The SMILES string of the molecule is COC(=O)C(C(C)C)N1C(=O)NC(=O)C2(CCCC2)C1=O. The number of barbiturate groups is 1. The first kappa shape index (κ1) is 15.5. The standard InChI is InChI=1S/C14H20N2O5/c1-8(2)9(10(17)21-3)16-12(19)14(6-4-5-7-14)11(18)15-13(16)20/h8-9H,4-7H2,1-3H3,(H,15,18,20). The molecular weight excluding hydrogens is 276 g/mol. The molecule has 0 aromatic heterocycles. The molecule has 7 heteroatoms. The van der Waals surface area contributed by atoms with E-state index in [0.717, 1.165) is 17.7 Å². The van der Waals surface area contributed by atoms with Gasteiger partial charge in [0.05, 0.1) is 7.11 Å². The maximum absolute atomic E-state index is 12.8. The second-order valence-corrected chi connectivity index (χ2v) is 5.94. The van der Waals surface area contributed by atoms with Gasteiger partial charge in [-0.2, -0.15) is 0 Å². The Morgan fingerprint density at radius 2 is 1.81 bits per heavy atom. The summed E-state index contributed by atoms with van der Waals surface area (Å²) in [6.45, 7) is 3.44. The van der Waals surface area contributed by atoms with E-state index in [1.165, 1.54) is 7.11 Å². The van der Waals surface area contributed by atoms with E-state index in [2.05, 4.69) is 5.32 Å². The first-order valence-electron chi connectivity index (χ1n) is 7.12. The van der Waals surface area contributed by atoms with Gasteiger partial charge in [-0.05, 0) is 18.8 Å². The van der Waals surface area contributed by atoms with Crippen LogP contribution in [-0.2, 0) is 19.1 Å². The number of amides is 4. The smallest absolute Gasteiger partial charge is 0.331 e. The first-order chi connectivity index (χ1) is 9.85. The quantitative estimate of drug-likeness (QED) is 0.615. The fraction of sp³-hybridized carbons (Fsp3) is 0.714. The van der Waals surface area contributed by atoms with Gasteiger partial charge in [0, 0.05) is 0 Å². The fourth-order valence-corrected chi connectivity index (χ4v) is 3.17. The van der Waals surface area contributed by atoms with Gasteiger partial charge in [-0.25, -0.2) is 14.5 Å². The minimum Gasteiger partial charge on any atom is -0.467 e. The molecular formula is C14H20N2O5. The molecule has 1 unspecified atom stereocenters. The molecule has 0 radical (unpaired) electrons. The van der Waals surface area contributed by atoms with Crippen molar-refractivity contribution in [2.75, 3.05) is 7.11 Å². The van der Waals surface area contributed by atoms with Crippen LogP contribution >= 0.6 is 0 Å². The van der Waals surface area contributed by atoms with Crippen molar-refractivity contribution in [1.29, 1.82) is 0 Å². The maximum atomic E-state index is 12.8. The number of hydrogen-bond acceptors (Lipinski definition) is 5. The molecule has 0 aromatic rings. The highest BCUT2D eigenvalue weighted by Gasteiger charge is 2.57. The lowest BCUT2D eigenvalue weighted by atomic mass is 9.81. The molecule has 1 spiro atoms. The Morgan fingerprint density at radius 3 is 2.29 bits per heavy atom. The van der Waals surface area contributed by atoms with Gasteiger partial charge < -0.3 is 4.74 Å². The van der Waals surface area contributed by atoms with Gasteiger partial charge in [-0.1, -0.05) is 26.7 Å². The Labute approximate surface area is 123 Å². The zero-order valence-electron chi connectivity index (χ0n) is 12.5. The molecule has 1 saturated carbocycles. The number of carbonyl (C=O) groups is 4. The predicted molar refractivity (Wildman–Crippen MR) is 71.9 cm³/mol. The second-order valence-electron chi connectivity index (χ2n) is 5.94. The molecule has 1 N–H and O–H groups in total. The summed E-state index contributed by atoms with van der Waals surface area (Å²) < 4.78 is 4.70. The molecule has 2 rings (SSSR count). The summed E-state index contributed by atoms with van der Waals surface area (Å²) in [5.41, 5.74) is -1.20. The van der Waals surface area contributed by atoms with E-state index < -0.39 is 35.3 Å². The number of nitrogens with one attached hydrogen (secondary N) is 1. The normalized spacial score (nSPS) is 22.7. The summed E-state index contributed by atoms with van der Waals surface area (Å²) in [6, 6.07) is -1.86. The van der Waals surface area contributed by atoms with Crippen LogP contribution in [0.3, 0.4) is 0 Å². The topological polar surface area (TPSA) is 92.8 Å². The number of hydrogen-bond donors (Lipinski definition) is 1. The second kappa shape index (κ2) is 5.46. The van der Waals surface area contributed by atoms with Gasteiger partial charge in [0.15, 0.2) is 0 Å². The van der Waals surface area contributed by atoms with E-state index in [-0.39, 0.29) is 5.92 Å². The monoisotopic (exact) mass is 296 g/mol. The number of urea groups is 1. The van der Waals surface area contributed by atoms with Crippen LogP contribution in [0.15, 0.2) is 0 Å². The largest absolute Gasteiger partial charge is 0.467 e. The number of rotatable bonds is 3. The number of methoxy groups -OCH3 is 1. The summed E-state index contributed by atoms with van der Waals surface area (Å²) in [7, 11) is 1.21. The van der Waals surface area contributed by atoms with E-state index in [9.17, 15) is 19.2 Å². The third-order valence-electron chi connectivity index (χ3n) is 4.31. The first-order valence-corrected chi connectivity index (χ1v) is 7.12. The van der Waals surface area contributed by atoms with E-state index in [1.54, 1.807) is 13.8 Å². The lowest BCUT2D eigenvalue weighted by Gasteiger charge is -2.40. The molecule has 21 heavy (non-hydrogen) atoms. The molecule has 2 fully saturated rings. The number of nitrogens with zero attached hydrogens (tertiary/aromatic N) is 1. The lowest BCUT2D eigenvalue weighted by Crippen LogP contribution is -2.67. The van der Waals surface area contributed by atoms with Crippen molar-refractivity contribution in [3.05, 3.63) is 0 Å². The molecule has 0 aromatic carbocycles. The average molecular weight is 296 g/mol. The highest BCUT2D eigenvalue weighted by atomic mass is 16.5. The molecule has 1 atom stereocenters. The van der Waals surface area contributed by atoms with Crippen LogP contribution in [0.25, 0.3) is 0 Å². The highest BCUT2D eigenvalue weighted by Crippen LogP contribution is 2.42. The van der Waals surface area contributed by atoms with Crippen molar-refractivity contribution in [3.63, 3.8) is 0 Å². The molecule has 1 saturated heterocycles. The Hall–Kier alpha value is -1.92. The van der Waals surface area contributed by atoms with Crippen molar-refractivity contribution in [2.24, 2.45) is 11.3 Å². The number of imide groups is 2. The molecule has 2 aliphatic rings. The number of carbonyl (C=O) groups excluding carboxylic acids is 4. The highest BCUT2D eigenvalue weighted by molar-refractivity contribution is 6.20. The van der Waals surface area contributed by atoms with Crippen molar-refractivity contribution in [1.82, 2.24) is 10.2 Å². The van der Waals surface area contributed by atoms with Crippen LogP contribution in [0.2, 0.25) is 0 Å². The zero-order chi connectivity index (χ0) is 15.8. The molecule has 116 valence electrons. The molecule has 0 bridgehead atoms. The molecule has 1 aliphatic carbocycles.